The molecule has 6 rings (SSSR count). The van der Waals surface area contributed by atoms with E-state index >= 15 is 0 Å². The van der Waals surface area contributed by atoms with Gasteiger partial charge in [-0.25, -0.2) is 0 Å². The fourth-order valence-electron chi connectivity index (χ4n) is 6.58. The topological polar surface area (TPSA) is 106 Å². The van der Waals surface area contributed by atoms with Gasteiger partial charge in [-0.15, -0.1) is 0 Å². The minimum absolute atomic E-state index is 0.0227. The van der Waals surface area contributed by atoms with Crippen LogP contribution in [-0.2, 0) is 23.8 Å². The Morgan fingerprint density at radius 3 is 2.69 bits per heavy atom. The molecule has 0 amide bonds. The molecule has 2 aliphatic carbocycles. The number of fused-ring (bicyclic) bond motifs is 4. The van der Waals surface area contributed by atoms with Crippen molar-refractivity contribution in [2.45, 2.75) is 60.7 Å². The molecule has 1 aromatic carbocycles. The van der Waals surface area contributed by atoms with Crippen LogP contribution in [0.25, 0.3) is 0 Å². The summed E-state index contributed by atoms with van der Waals surface area (Å²) in [5.41, 5.74) is -5.00. The minimum atomic E-state index is -1.51. The summed E-state index contributed by atoms with van der Waals surface area (Å²) in [7, 11) is 0. The summed E-state index contributed by atoms with van der Waals surface area (Å²) in [6.45, 7) is 3.48. The molecule has 154 valence electrons. The first-order valence-corrected chi connectivity index (χ1v) is 12.0. The van der Waals surface area contributed by atoms with Gasteiger partial charge in [-0.3, -0.25) is 0 Å². The van der Waals surface area contributed by atoms with E-state index in [1.807, 2.05) is 30.3 Å². The van der Waals surface area contributed by atoms with E-state index < -0.39 is 64.3 Å². The van der Waals surface area contributed by atoms with Crippen molar-refractivity contribution in [1.82, 2.24) is 0 Å². The van der Waals surface area contributed by atoms with Crippen LogP contribution in [0.1, 0.15) is 20.3 Å². The van der Waals surface area contributed by atoms with Crippen LogP contribution in [0.15, 0.2) is 30.3 Å². The molecule has 8 heteroatoms. The maximum atomic E-state index is 12.9. The van der Waals surface area contributed by atoms with E-state index in [2.05, 4.69) is 0 Å². The number of carbonyl (C=O) groups excluding carboxylic acids is 2. The predicted molar refractivity (Wildman–Crippen MR) is 99.3 cm³/mol. The number of carbonyl (C=O) groups is 2. The molecule has 1 aromatic rings. The third kappa shape index (κ3) is 1.87. The average Bonchev–Trinajstić information content (AvgIpc) is 3.15. The van der Waals surface area contributed by atoms with Gasteiger partial charge in [0.2, 0.25) is 0 Å². The summed E-state index contributed by atoms with van der Waals surface area (Å²) in [5.74, 6) is -2.55. The second-order valence-electron chi connectivity index (χ2n) is 9.36. The molecule has 9 atom stereocenters. The molecule has 3 saturated heterocycles. The summed E-state index contributed by atoms with van der Waals surface area (Å²) in [5, 5.41) is 23.8. The predicted octanol–water partition coefficient (Wildman–Crippen LogP) is -0.439. The molecule has 2 saturated carbocycles. The first-order valence-electron chi connectivity index (χ1n) is 9.89. The van der Waals surface area contributed by atoms with Crippen molar-refractivity contribution < 1.29 is 34.0 Å². The summed E-state index contributed by atoms with van der Waals surface area (Å²) in [4.78, 5) is 25.6. The zero-order chi connectivity index (χ0) is 20.4. The summed E-state index contributed by atoms with van der Waals surface area (Å²) < 4.78 is 18.2. The van der Waals surface area contributed by atoms with Gasteiger partial charge in [0.15, 0.2) is 0 Å². The molecule has 7 nitrogen and oxygen atoms in total. The van der Waals surface area contributed by atoms with Crippen LogP contribution in [0.4, 0.5) is 0 Å². The fraction of sp³-hybridized carbons (Fsp3) is 0.619. The van der Waals surface area contributed by atoms with Gasteiger partial charge in [0.05, 0.1) is 0 Å². The summed E-state index contributed by atoms with van der Waals surface area (Å²) >= 11 is -0.0227. The molecule has 0 aromatic heterocycles. The molecular formula is C21H22O7Se. The number of esters is 2. The third-order valence-electron chi connectivity index (χ3n) is 8.02. The Kier molecular flexibility index (Phi) is 3.31. The van der Waals surface area contributed by atoms with Crippen LogP contribution in [0, 0.1) is 17.3 Å². The number of epoxide rings is 1. The quantitative estimate of drug-likeness (QED) is 0.353. The number of hydrogen-bond donors (Lipinski definition) is 2. The van der Waals surface area contributed by atoms with E-state index in [0.29, 0.717) is 5.32 Å². The molecule has 5 fully saturated rings. The van der Waals surface area contributed by atoms with Crippen molar-refractivity contribution in [3.05, 3.63) is 30.3 Å². The second kappa shape index (κ2) is 5.24. The van der Waals surface area contributed by atoms with Crippen LogP contribution in [-0.4, -0.2) is 72.2 Å². The number of ether oxygens (including phenoxy) is 3. The van der Waals surface area contributed by atoms with Gasteiger partial charge in [-0.2, -0.15) is 0 Å². The fourth-order valence-corrected chi connectivity index (χ4v) is 8.68. The zero-order valence-corrected chi connectivity index (χ0v) is 17.7. The van der Waals surface area contributed by atoms with Gasteiger partial charge in [-0.05, 0) is 0 Å². The Morgan fingerprint density at radius 2 is 1.97 bits per heavy atom. The normalized spacial score (nSPS) is 50.4. The Balaban J connectivity index is 1.39. The van der Waals surface area contributed by atoms with Crippen molar-refractivity contribution >= 4 is 31.4 Å². The van der Waals surface area contributed by atoms with E-state index in [4.69, 9.17) is 14.2 Å². The Hall–Kier alpha value is -1.44. The monoisotopic (exact) mass is 466 g/mol. The van der Waals surface area contributed by atoms with Gasteiger partial charge in [0.1, 0.15) is 0 Å². The summed E-state index contributed by atoms with van der Waals surface area (Å²) in [6.07, 6.45) is -1.87. The molecule has 5 aliphatic rings. The van der Waals surface area contributed by atoms with Crippen LogP contribution < -0.4 is 4.46 Å². The van der Waals surface area contributed by atoms with E-state index in [1.54, 1.807) is 13.8 Å². The second-order valence-corrected chi connectivity index (χ2v) is 11.6. The standard InChI is InChI=1S/C21H22O7Se/c1-18(24,9-29-10-6-4-3-5-7-10)12-13-16(22)26-14(12)15-19(2)20(13,25)8-11-21(19,28-11)17(23)27-15/h3-7,11-15,24-25H,8-9H2,1-2H3/t11-,12?,13-,14-,15?,18?,19-,20-,21+/m1/s1. The van der Waals surface area contributed by atoms with Crippen LogP contribution in [0.5, 0.6) is 0 Å². The number of hydrogen-bond acceptors (Lipinski definition) is 7. The van der Waals surface area contributed by atoms with E-state index in [9.17, 15) is 19.8 Å². The first-order chi connectivity index (χ1) is 13.7. The number of aliphatic hydroxyl groups is 2. The van der Waals surface area contributed by atoms with Crippen molar-refractivity contribution in [1.29, 1.82) is 0 Å². The maximum absolute atomic E-state index is 12.9. The Morgan fingerprint density at radius 1 is 1.24 bits per heavy atom. The van der Waals surface area contributed by atoms with Crippen LogP contribution >= 0.6 is 0 Å². The van der Waals surface area contributed by atoms with Crippen LogP contribution in [0.3, 0.4) is 0 Å². The number of rotatable bonds is 4. The van der Waals surface area contributed by atoms with E-state index in [0.717, 1.165) is 4.46 Å². The van der Waals surface area contributed by atoms with Gasteiger partial charge in [0, 0.05) is 0 Å². The van der Waals surface area contributed by atoms with Crippen molar-refractivity contribution in [3.63, 3.8) is 0 Å². The molecule has 3 unspecified atom stereocenters. The van der Waals surface area contributed by atoms with Crippen LogP contribution in [0.2, 0.25) is 5.32 Å². The molecule has 0 radical (unpaired) electrons. The Bertz CT molecular complexity index is 934. The molecular weight excluding hydrogens is 443 g/mol. The van der Waals surface area contributed by atoms with E-state index in [1.165, 1.54) is 0 Å². The molecule has 3 aliphatic heterocycles. The third-order valence-corrected chi connectivity index (χ3v) is 10.8. The van der Waals surface area contributed by atoms with Crippen molar-refractivity contribution in [2.75, 3.05) is 0 Å². The van der Waals surface area contributed by atoms with Gasteiger partial charge >= 0.3 is 174 Å². The SMILES string of the molecule is CC(O)(C[Se]c1ccccc1)C1[C@H]2OC(=O)[C@@H]1[C@]1(O)C[C@H]3O[C@]34C(=O)OC2[C@]14C. The first kappa shape index (κ1) is 18.3. The average molecular weight is 465 g/mol. The van der Waals surface area contributed by atoms with Crippen molar-refractivity contribution in [3.8, 4) is 0 Å². The van der Waals surface area contributed by atoms with Gasteiger partial charge < -0.3 is 0 Å². The van der Waals surface area contributed by atoms with Gasteiger partial charge in [-0.1, -0.05) is 0 Å². The summed E-state index contributed by atoms with van der Waals surface area (Å²) in [6, 6.07) is 9.89. The zero-order valence-electron chi connectivity index (χ0n) is 16.0. The van der Waals surface area contributed by atoms with Gasteiger partial charge in [0.25, 0.3) is 0 Å². The molecule has 29 heavy (non-hydrogen) atoms. The Labute approximate surface area is 173 Å². The van der Waals surface area contributed by atoms with E-state index in [-0.39, 0.29) is 21.4 Å². The molecule has 3 heterocycles. The molecule has 1 spiro atoms. The van der Waals surface area contributed by atoms with Crippen molar-refractivity contribution in [2.24, 2.45) is 17.3 Å². The molecule has 2 bridgehead atoms. The number of benzene rings is 1. The molecule has 2 N–H and O–H groups in total.